The Hall–Kier alpha value is -1.55. The molecule has 0 amide bonds. The number of rotatable bonds is 3. The van der Waals surface area contributed by atoms with Crippen LogP contribution in [-0.4, -0.2) is 12.2 Å². The highest BCUT2D eigenvalue weighted by molar-refractivity contribution is 5.60. The van der Waals surface area contributed by atoms with Crippen molar-refractivity contribution >= 4 is 5.57 Å². The van der Waals surface area contributed by atoms with Crippen LogP contribution in [0.25, 0.3) is 5.57 Å². The summed E-state index contributed by atoms with van der Waals surface area (Å²) in [6, 6.07) is 1.60. The summed E-state index contributed by atoms with van der Waals surface area (Å²) in [7, 11) is 1.45. The summed E-state index contributed by atoms with van der Waals surface area (Å²) in [5.41, 5.74) is 0.424. The minimum absolute atomic E-state index is 0.144. The second-order valence-corrected chi connectivity index (χ2v) is 3.07. The first-order chi connectivity index (χ1) is 7.13. The van der Waals surface area contributed by atoms with Gasteiger partial charge in [0.2, 0.25) is 0 Å². The summed E-state index contributed by atoms with van der Waals surface area (Å²) in [6.07, 6.45) is 1.83. The zero-order valence-corrected chi connectivity index (χ0v) is 9.03. The monoisotopic (exact) mass is 210 g/mol. The highest BCUT2D eigenvalue weighted by Crippen LogP contribution is 2.21. The van der Waals surface area contributed by atoms with Crippen LogP contribution in [0.1, 0.15) is 25.2 Å². The summed E-state index contributed by atoms with van der Waals surface area (Å²) >= 11 is 0. The quantitative estimate of drug-likeness (QED) is 0.822. The zero-order valence-electron chi connectivity index (χ0n) is 9.03. The molecule has 0 aliphatic carbocycles. The van der Waals surface area contributed by atoms with E-state index in [1.165, 1.54) is 7.11 Å². The minimum Gasteiger partial charge on any atom is -0.496 e. The molecule has 0 aliphatic heterocycles. The first-order valence-electron chi connectivity index (χ1n) is 4.59. The van der Waals surface area contributed by atoms with Gasteiger partial charge in [0, 0.05) is 6.07 Å². The minimum atomic E-state index is -0.562. The van der Waals surface area contributed by atoms with Gasteiger partial charge < -0.3 is 14.3 Å². The largest absolute Gasteiger partial charge is 0.496 e. The van der Waals surface area contributed by atoms with Crippen LogP contribution in [0.4, 0.5) is 0 Å². The molecule has 0 atom stereocenters. The van der Waals surface area contributed by atoms with Crippen molar-refractivity contribution in [1.29, 1.82) is 0 Å². The van der Waals surface area contributed by atoms with Crippen LogP contribution in [0.15, 0.2) is 21.4 Å². The molecule has 0 spiro atoms. The molecule has 0 radical (unpaired) electrons. The van der Waals surface area contributed by atoms with Crippen LogP contribution in [0.5, 0.6) is 5.75 Å². The van der Waals surface area contributed by atoms with E-state index in [2.05, 4.69) is 0 Å². The van der Waals surface area contributed by atoms with Crippen LogP contribution in [0, 0.1) is 0 Å². The summed E-state index contributed by atoms with van der Waals surface area (Å²) in [5, 5.41) is 8.96. The van der Waals surface area contributed by atoms with Gasteiger partial charge in [-0.15, -0.1) is 0 Å². The molecule has 0 aromatic carbocycles. The molecule has 1 aromatic rings. The van der Waals surface area contributed by atoms with Crippen molar-refractivity contribution in [1.82, 2.24) is 0 Å². The molecule has 15 heavy (non-hydrogen) atoms. The molecule has 4 heteroatoms. The van der Waals surface area contributed by atoms with Gasteiger partial charge in [-0.25, -0.2) is 4.79 Å². The SMILES string of the molecule is C/C=C(\C)c1cc(OC)c(CO)c(=O)o1. The predicted octanol–water partition coefficient (Wildman–Crippen LogP) is 1.56. The molecule has 0 unspecified atom stereocenters. The fourth-order valence-electron chi connectivity index (χ4n) is 1.16. The van der Waals surface area contributed by atoms with Crippen molar-refractivity contribution in [3.8, 4) is 5.75 Å². The van der Waals surface area contributed by atoms with Crippen LogP contribution in [0.3, 0.4) is 0 Å². The topological polar surface area (TPSA) is 59.7 Å². The lowest BCUT2D eigenvalue weighted by molar-refractivity contribution is 0.264. The van der Waals surface area contributed by atoms with Crippen LogP contribution in [-0.2, 0) is 6.61 Å². The molecule has 0 bridgehead atoms. The smallest absolute Gasteiger partial charge is 0.345 e. The van der Waals surface area contributed by atoms with E-state index in [9.17, 15) is 4.79 Å². The Kier molecular flexibility index (Phi) is 3.68. The van der Waals surface area contributed by atoms with E-state index in [1.807, 2.05) is 19.9 Å². The van der Waals surface area contributed by atoms with Gasteiger partial charge in [-0.3, -0.25) is 0 Å². The normalized spacial score (nSPS) is 11.6. The second-order valence-electron chi connectivity index (χ2n) is 3.07. The Morgan fingerprint density at radius 3 is 2.80 bits per heavy atom. The standard InChI is InChI=1S/C11H14O4/c1-4-7(2)9-5-10(14-3)8(6-12)11(13)15-9/h4-5,12H,6H2,1-3H3/b7-4+. The third-order valence-corrected chi connectivity index (χ3v) is 2.21. The van der Waals surface area contributed by atoms with Crippen LogP contribution < -0.4 is 10.4 Å². The molecule has 1 N–H and O–H groups in total. The lowest BCUT2D eigenvalue weighted by Gasteiger charge is -2.06. The lowest BCUT2D eigenvalue weighted by atomic mass is 10.2. The van der Waals surface area contributed by atoms with Gasteiger partial charge in [0.25, 0.3) is 0 Å². The van der Waals surface area contributed by atoms with Crippen molar-refractivity contribution in [3.05, 3.63) is 33.9 Å². The Labute approximate surface area is 87.8 Å². The maximum atomic E-state index is 11.4. The molecule has 0 saturated carbocycles. The maximum absolute atomic E-state index is 11.4. The molecule has 0 fully saturated rings. The number of ether oxygens (including phenoxy) is 1. The molecular weight excluding hydrogens is 196 g/mol. The molecule has 1 heterocycles. The van der Waals surface area contributed by atoms with Gasteiger partial charge >= 0.3 is 5.63 Å². The van der Waals surface area contributed by atoms with Gasteiger partial charge in [0.15, 0.2) is 0 Å². The molecule has 1 rings (SSSR count). The van der Waals surface area contributed by atoms with Gasteiger partial charge in [0.05, 0.1) is 13.7 Å². The van der Waals surface area contributed by atoms with E-state index in [0.717, 1.165) is 5.57 Å². The van der Waals surface area contributed by atoms with E-state index in [0.29, 0.717) is 11.5 Å². The van der Waals surface area contributed by atoms with Crippen molar-refractivity contribution in [2.24, 2.45) is 0 Å². The van der Waals surface area contributed by atoms with E-state index >= 15 is 0 Å². The maximum Gasteiger partial charge on any atom is 0.345 e. The zero-order chi connectivity index (χ0) is 11.4. The third-order valence-electron chi connectivity index (χ3n) is 2.21. The van der Waals surface area contributed by atoms with E-state index in [4.69, 9.17) is 14.3 Å². The Balaban J connectivity index is 3.39. The number of methoxy groups -OCH3 is 1. The van der Waals surface area contributed by atoms with Crippen LogP contribution in [0.2, 0.25) is 0 Å². The summed E-state index contributed by atoms with van der Waals surface area (Å²) in [5.74, 6) is 0.807. The predicted molar refractivity (Wildman–Crippen MR) is 56.8 cm³/mol. The average Bonchev–Trinajstić information content (AvgIpc) is 2.26. The van der Waals surface area contributed by atoms with E-state index in [1.54, 1.807) is 6.07 Å². The highest BCUT2D eigenvalue weighted by atomic mass is 16.5. The van der Waals surface area contributed by atoms with Crippen molar-refractivity contribution in [3.63, 3.8) is 0 Å². The summed E-state index contributed by atoms with van der Waals surface area (Å²) in [4.78, 5) is 11.4. The fraction of sp³-hybridized carbons (Fsp3) is 0.364. The van der Waals surface area contributed by atoms with Crippen molar-refractivity contribution < 1.29 is 14.3 Å². The van der Waals surface area contributed by atoms with Crippen molar-refractivity contribution in [2.75, 3.05) is 7.11 Å². The van der Waals surface area contributed by atoms with Gasteiger partial charge in [-0.05, 0) is 19.4 Å². The number of hydrogen-bond acceptors (Lipinski definition) is 4. The highest BCUT2D eigenvalue weighted by Gasteiger charge is 2.11. The molecule has 1 aromatic heterocycles. The summed E-state index contributed by atoms with van der Waals surface area (Å²) in [6.45, 7) is 3.29. The third kappa shape index (κ3) is 2.27. The average molecular weight is 210 g/mol. The van der Waals surface area contributed by atoms with E-state index in [-0.39, 0.29) is 12.2 Å². The number of allylic oxidation sites excluding steroid dienone is 2. The molecular formula is C11H14O4. The van der Waals surface area contributed by atoms with Crippen molar-refractivity contribution in [2.45, 2.75) is 20.5 Å². The molecule has 82 valence electrons. The number of hydrogen-bond donors (Lipinski definition) is 1. The molecule has 0 aliphatic rings. The molecule has 0 saturated heterocycles. The number of aliphatic hydroxyl groups excluding tert-OH is 1. The fourth-order valence-corrected chi connectivity index (χ4v) is 1.16. The Morgan fingerprint density at radius 1 is 1.67 bits per heavy atom. The Morgan fingerprint density at radius 2 is 2.33 bits per heavy atom. The first-order valence-corrected chi connectivity index (χ1v) is 4.59. The lowest BCUT2D eigenvalue weighted by Crippen LogP contribution is -2.10. The van der Waals surface area contributed by atoms with Crippen LogP contribution >= 0.6 is 0 Å². The van der Waals surface area contributed by atoms with Gasteiger partial charge in [0.1, 0.15) is 17.1 Å². The van der Waals surface area contributed by atoms with Gasteiger partial charge in [-0.2, -0.15) is 0 Å². The second kappa shape index (κ2) is 4.79. The van der Waals surface area contributed by atoms with E-state index < -0.39 is 5.63 Å². The summed E-state index contributed by atoms with van der Waals surface area (Å²) < 4.78 is 10.0. The van der Waals surface area contributed by atoms with Gasteiger partial charge in [-0.1, -0.05) is 6.08 Å². The first kappa shape index (κ1) is 11.5. The molecule has 4 nitrogen and oxygen atoms in total. The number of aliphatic hydroxyl groups is 1. The Bertz CT molecular complexity index is 429.